The van der Waals surface area contributed by atoms with Crippen LogP contribution < -0.4 is 14.9 Å². The van der Waals surface area contributed by atoms with Crippen LogP contribution in [0.1, 0.15) is 44.9 Å². The van der Waals surface area contributed by atoms with Crippen LogP contribution in [0.5, 0.6) is 17.2 Å². The number of aromatic hydroxyl groups is 1. The van der Waals surface area contributed by atoms with Crippen LogP contribution in [0.15, 0.2) is 57.3 Å². The van der Waals surface area contributed by atoms with E-state index in [9.17, 15) is 15.0 Å². The van der Waals surface area contributed by atoms with Gasteiger partial charge in [-0.2, -0.15) is 0 Å². The second-order valence-corrected chi connectivity index (χ2v) is 8.64. The summed E-state index contributed by atoms with van der Waals surface area (Å²) in [5, 5.41) is 21.6. The average molecular weight is 434 g/mol. The van der Waals surface area contributed by atoms with Crippen LogP contribution in [0.2, 0.25) is 0 Å². The van der Waals surface area contributed by atoms with Gasteiger partial charge in [-0.15, -0.1) is 0 Å². The molecule has 1 aliphatic rings. The SMILES string of the molecule is COc1ccc(-c2oc3c4c(cc(O)c3c(=O)c2C(O)C=C(C)C)OC(C)(C)C=C4)cc1. The number of methoxy groups -OCH3 is 1. The van der Waals surface area contributed by atoms with Crippen molar-refractivity contribution in [3.63, 3.8) is 0 Å². The van der Waals surface area contributed by atoms with E-state index in [1.165, 1.54) is 6.07 Å². The number of aliphatic hydroxyl groups excluding tert-OH is 1. The molecule has 0 radical (unpaired) electrons. The Kier molecular flexibility index (Phi) is 5.34. The molecule has 0 bridgehead atoms. The van der Waals surface area contributed by atoms with Crippen LogP contribution in [0, 0.1) is 0 Å². The van der Waals surface area contributed by atoms with Crippen molar-refractivity contribution in [2.24, 2.45) is 0 Å². The van der Waals surface area contributed by atoms with Crippen molar-refractivity contribution in [1.29, 1.82) is 0 Å². The molecular weight excluding hydrogens is 408 g/mol. The molecule has 2 N–H and O–H groups in total. The molecule has 0 aliphatic carbocycles. The standard InChI is InChI=1S/C26H26O6/c1-14(2)12-18(27)21-23(29)22-19(28)13-20-17(10-11-26(3,4)32-20)25(22)31-24(21)15-6-8-16(30-5)9-7-15/h6-13,18,27-28H,1-5H3. The van der Waals surface area contributed by atoms with E-state index in [1.54, 1.807) is 37.5 Å². The Morgan fingerprint density at radius 1 is 1.19 bits per heavy atom. The first-order valence-electron chi connectivity index (χ1n) is 10.3. The summed E-state index contributed by atoms with van der Waals surface area (Å²) in [5.74, 6) is 1.03. The molecule has 166 valence electrons. The Bertz CT molecular complexity index is 1310. The van der Waals surface area contributed by atoms with Crippen LogP contribution in [-0.4, -0.2) is 22.9 Å². The van der Waals surface area contributed by atoms with Gasteiger partial charge < -0.3 is 24.1 Å². The molecular formula is C26H26O6. The molecule has 0 saturated carbocycles. The van der Waals surface area contributed by atoms with Crippen LogP contribution in [0.25, 0.3) is 28.4 Å². The fourth-order valence-corrected chi connectivity index (χ4v) is 3.83. The second kappa shape index (κ2) is 7.88. The van der Waals surface area contributed by atoms with Gasteiger partial charge in [0.2, 0.25) is 5.43 Å². The third kappa shape index (κ3) is 3.78. The van der Waals surface area contributed by atoms with Gasteiger partial charge in [0.1, 0.15) is 40.1 Å². The van der Waals surface area contributed by atoms with Crippen molar-refractivity contribution in [3.05, 3.63) is 69.4 Å². The lowest BCUT2D eigenvalue weighted by molar-refractivity contribution is 0.158. The monoisotopic (exact) mass is 434 g/mol. The van der Waals surface area contributed by atoms with Gasteiger partial charge in [0, 0.05) is 11.6 Å². The van der Waals surface area contributed by atoms with Gasteiger partial charge >= 0.3 is 0 Å². The maximum absolute atomic E-state index is 13.6. The topological polar surface area (TPSA) is 89.1 Å². The first kappa shape index (κ1) is 21.7. The lowest BCUT2D eigenvalue weighted by Crippen LogP contribution is -2.27. The molecule has 2 aromatic carbocycles. The van der Waals surface area contributed by atoms with Crippen molar-refractivity contribution in [1.82, 2.24) is 0 Å². The Morgan fingerprint density at radius 3 is 2.50 bits per heavy atom. The second-order valence-electron chi connectivity index (χ2n) is 8.64. The molecule has 4 rings (SSSR count). The highest BCUT2D eigenvalue weighted by atomic mass is 16.5. The molecule has 0 saturated heterocycles. The molecule has 32 heavy (non-hydrogen) atoms. The zero-order valence-electron chi connectivity index (χ0n) is 18.7. The number of hydrogen-bond donors (Lipinski definition) is 2. The molecule has 0 amide bonds. The third-order valence-electron chi connectivity index (χ3n) is 5.35. The Labute approximate surface area is 186 Å². The van der Waals surface area contributed by atoms with E-state index in [4.69, 9.17) is 13.9 Å². The van der Waals surface area contributed by atoms with Gasteiger partial charge in [0.25, 0.3) is 0 Å². The van der Waals surface area contributed by atoms with E-state index in [0.29, 0.717) is 22.6 Å². The van der Waals surface area contributed by atoms with Gasteiger partial charge in [-0.3, -0.25) is 4.79 Å². The van der Waals surface area contributed by atoms with Gasteiger partial charge in [-0.1, -0.05) is 11.6 Å². The molecule has 1 aliphatic heterocycles. The molecule has 1 aromatic heterocycles. The van der Waals surface area contributed by atoms with Crippen LogP contribution >= 0.6 is 0 Å². The zero-order valence-corrected chi connectivity index (χ0v) is 18.7. The molecule has 0 spiro atoms. The lowest BCUT2D eigenvalue weighted by Gasteiger charge is -2.28. The summed E-state index contributed by atoms with van der Waals surface area (Å²) in [6.45, 7) is 7.45. The van der Waals surface area contributed by atoms with E-state index in [2.05, 4.69) is 0 Å². The van der Waals surface area contributed by atoms with Crippen LogP contribution in [-0.2, 0) is 0 Å². The Balaban J connectivity index is 2.09. The van der Waals surface area contributed by atoms with E-state index in [1.807, 2.05) is 39.8 Å². The number of rotatable bonds is 4. The van der Waals surface area contributed by atoms with Crippen molar-refractivity contribution in [2.45, 2.75) is 39.4 Å². The largest absolute Gasteiger partial charge is 0.507 e. The highest BCUT2D eigenvalue weighted by Gasteiger charge is 2.29. The average Bonchev–Trinajstić information content (AvgIpc) is 2.71. The van der Waals surface area contributed by atoms with E-state index < -0.39 is 17.1 Å². The summed E-state index contributed by atoms with van der Waals surface area (Å²) in [4.78, 5) is 13.6. The summed E-state index contributed by atoms with van der Waals surface area (Å²) in [5.41, 5.74) is 1.19. The fourth-order valence-electron chi connectivity index (χ4n) is 3.83. The van der Waals surface area contributed by atoms with Gasteiger partial charge in [-0.05, 0) is 64.1 Å². The zero-order chi connectivity index (χ0) is 23.2. The summed E-state index contributed by atoms with van der Waals surface area (Å²) >= 11 is 0. The molecule has 1 atom stereocenters. The molecule has 6 heteroatoms. The molecule has 3 aromatic rings. The number of fused-ring (bicyclic) bond motifs is 3. The predicted molar refractivity (Wildman–Crippen MR) is 124 cm³/mol. The van der Waals surface area contributed by atoms with Crippen molar-refractivity contribution < 1.29 is 24.1 Å². The third-order valence-corrected chi connectivity index (χ3v) is 5.35. The minimum atomic E-state index is -1.21. The van der Waals surface area contributed by atoms with E-state index in [-0.39, 0.29) is 28.0 Å². The Hall–Kier alpha value is -3.51. The van der Waals surface area contributed by atoms with Crippen LogP contribution in [0.3, 0.4) is 0 Å². The summed E-state index contributed by atoms with van der Waals surface area (Å²) in [7, 11) is 1.57. The first-order valence-corrected chi connectivity index (χ1v) is 10.3. The lowest BCUT2D eigenvalue weighted by atomic mass is 9.96. The number of ether oxygens (including phenoxy) is 2. The van der Waals surface area contributed by atoms with Gasteiger partial charge in [0.15, 0.2) is 5.58 Å². The highest BCUT2D eigenvalue weighted by molar-refractivity contribution is 5.95. The smallest absolute Gasteiger partial charge is 0.203 e. The Morgan fingerprint density at radius 2 is 1.88 bits per heavy atom. The molecule has 1 unspecified atom stereocenters. The van der Waals surface area contributed by atoms with Gasteiger partial charge in [0.05, 0.1) is 18.2 Å². The van der Waals surface area contributed by atoms with Gasteiger partial charge in [-0.25, -0.2) is 0 Å². The number of hydrogen-bond acceptors (Lipinski definition) is 6. The first-order chi connectivity index (χ1) is 15.1. The van der Waals surface area contributed by atoms with Crippen molar-refractivity contribution >= 4 is 17.0 Å². The minimum absolute atomic E-state index is 0.00479. The van der Waals surface area contributed by atoms with Crippen LogP contribution in [0.4, 0.5) is 0 Å². The summed E-state index contributed by atoms with van der Waals surface area (Å²) in [6, 6.07) is 8.43. The normalized spacial score (nSPS) is 15.1. The number of phenols is 1. The summed E-state index contributed by atoms with van der Waals surface area (Å²) in [6.07, 6.45) is 4.06. The van der Waals surface area contributed by atoms with E-state index in [0.717, 1.165) is 5.57 Å². The van der Waals surface area contributed by atoms with Crippen molar-refractivity contribution in [2.75, 3.05) is 7.11 Å². The number of phenolic OH excluding ortho intramolecular Hbond substituents is 1. The molecule has 0 fully saturated rings. The van der Waals surface area contributed by atoms with E-state index >= 15 is 0 Å². The maximum Gasteiger partial charge on any atom is 0.203 e. The predicted octanol–water partition coefficient (Wildman–Crippen LogP) is 5.36. The molecule has 2 heterocycles. The quantitative estimate of drug-likeness (QED) is 0.538. The van der Waals surface area contributed by atoms with Crippen molar-refractivity contribution in [3.8, 4) is 28.6 Å². The molecule has 6 nitrogen and oxygen atoms in total. The number of benzene rings is 2. The fraction of sp³-hybridized carbons (Fsp3) is 0.269. The minimum Gasteiger partial charge on any atom is -0.507 e. The summed E-state index contributed by atoms with van der Waals surface area (Å²) < 4.78 is 17.5. The number of allylic oxidation sites excluding steroid dienone is 1. The highest BCUT2D eigenvalue weighted by Crippen LogP contribution is 2.42. The number of aliphatic hydroxyl groups is 1. The maximum atomic E-state index is 13.6.